The Hall–Kier alpha value is -1.59. The molecule has 23 heavy (non-hydrogen) atoms. The molecule has 0 aliphatic carbocycles. The van der Waals surface area contributed by atoms with Crippen molar-refractivity contribution in [3.8, 4) is 5.75 Å². The number of hydrogen-bond donors (Lipinski definition) is 1. The van der Waals surface area contributed by atoms with Gasteiger partial charge in [0.2, 0.25) is 5.89 Å². The summed E-state index contributed by atoms with van der Waals surface area (Å²) >= 11 is 0. The molecule has 6 heteroatoms. The zero-order valence-corrected chi connectivity index (χ0v) is 15.2. The molecule has 1 heterocycles. The molecule has 1 N–H and O–H groups in total. The van der Waals surface area contributed by atoms with Crippen LogP contribution in [0.25, 0.3) is 0 Å². The van der Waals surface area contributed by atoms with Crippen molar-refractivity contribution in [2.45, 2.75) is 45.1 Å². The fraction of sp³-hybridized carbons (Fsp3) is 0.529. The molecular weight excluding hydrogens is 314 g/mol. The van der Waals surface area contributed by atoms with E-state index in [2.05, 4.69) is 42.3 Å². The van der Waals surface area contributed by atoms with Crippen LogP contribution in [0.3, 0.4) is 0 Å². The SMILES string of the molecule is CNC(C)Cc1noc(C(C)(C)Cc2ccccc2OC)n1.Cl. The summed E-state index contributed by atoms with van der Waals surface area (Å²) < 4.78 is 10.9. The third-order valence-electron chi connectivity index (χ3n) is 3.85. The minimum absolute atomic E-state index is 0. The molecule has 5 nitrogen and oxygen atoms in total. The van der Waals surface area contributed by atoms with E-state index in [1.165, 1.54) is 0 Å². The van der Waals surface area contributed by atoms with Crippen molar-refractivity contribution in [1.29, 1.82) is 0 Å². The fourth-order valence-electron chi connectivity index (χ4n) is 2.39. The van der Waals surface area contributed by atoms with Gasteiger partial charge < -0.3 is 14.6 Å². The molecule has 0 amide bonds. The van der Waals surface area contributed by atoms with E-state index in [0.29, 0.717) is 11.9 Å². The molecule has 0 radical (unpaired) electrons. The van der Waals surface area contributed by atoms with E-state index >= 15 is 0 Å². The molecule has 1 aromatic carbocycles. The molecule has 128 valence electrons. The molecule has 0 aliphatic heterocycles. The molecule has 0 saturated carbocycles. The van der Waals surface area contributed by atoms with Crippen molar-refractivity contribution < 1.29 is 9.26 Å². The van der Waals surface area contributed by atoms with E-state index in [4.69, 9.17) is 9.26 Å². The molecule has 1 atom stereocenters. The number of para-hydroxylation sites is 1. The number of ether oxygens (including phenoxy) is 1. The van der Waals surface area contributed by atoms with Crippen molar-refractivity contribution in [2.24, 2.45) is 0 Å². The number of hydrogen-bond acceptors (Lipinski definition) is 5. The summed E-state index contributed by atoms with van der Waals surface area (Å²) in [5.41, 5.74) is 0.890. The summed E-state index contributed by atoms with van der Waals surface area (Å²) in [7, 11) is 3.62. The molecular formula is C17H26ClN3O2. The van der Waals surface area contributed by atoms with Gasteiger partial charge in [-0.15, -0.1) is 12.4 Å². The standard InChI is InChI=1S/C17H25N3O2.ClH/c1-12(18-4)10-15-19-16(22-20-15)17(2,3)11-13-8-6-7-9-14(13)21-5;/h6-9,12,18H,10-11H2,1-5H3;1H. The molecule has 1 aromatic heterocycles. The first-order valence-electron chi connectivity index (χ1n) is 7.58. The number of aromatic nitrogens is 2. The topological polar surface area (TPSA) is 60.2 Å². The van der Waals surface area contributed by atoms with Crippen molar-refractivity contribution in [3.05, 3.63) is 41.5 Å². The highest BCUT2D eigenvalue weighted by Gasteiger charge is 2.29. The van der Waals surface area contributed by atoms with Gasteiger partial charge in [0.05, 0.1) is 7.11 Å². The Morgan fingerprint density at radius 2 is 2.00 bits per heavy atom. The van der Waals surface area contributed by atoms with E-state index in [1.54, 1.807) is 7.11 Å². The Kier molecular flexibility index (Phi) is 7.03. The lowest BCUT2D eigenvalue weighted by molar-refractivity contribution is 0.301. The second-order valence-corrected chi connectivity index (χ2v) is 6.28. The van der Waals surface area contributed by atoms with Gasteiger partial charge in [0.15, 0.2) is 5.82 Å². The summed E-state index contributed by atoms with van der Waals surface area (Å²) in [5, 5.41) is 7.28. The second kappa shape index (κ2) is 8.31. The van der Waals surface area contributed by atoms with Gasteiger partial charge in [-0.3, -0.25) is 0 Å². The molecule has 0 saturated heterocycles. The van der Waals surface area contributed by atoms with Gasteiger partial charge in [-0.05, 0) is 32.0 Å². The van der Waals surface area contributed by atoms with Crippen molar-refractivity contribution in [3.63, 3.8) is 0 Å². The maximum absolute atomic E-state index is 5.49. The first kappa shape index (κ1) is 19.5. The number of nitrogens with zero attached hydrogens (tertiary/aromatic N) is 2. The van der Waals surface area contributed by atoms with Crippen molar-refractivity contribution >= 4 is 12.4 Å². The number of benzene rings is 1. The minimum atomic E-state index is -0.247. The van der Waals surface area contributed by atoms with Crippen LogP contribution in [0.4, 0.5) is 0 Å². The van der Waals surface area contributed by atoms with Crippen LogP contribution in [-0.4, -0.2) is 30.3 Å². The maximum atomic E-state index is 5.49. The number of rotatable bonds is 7. The van der Waals surface area contributed by atoms with Gasteiger partial charge in [0.1, 0.15) is 5.75 Å². The van der Waals surface area contributed by atoms with Gasteiger partial charge in [-0.2, -0.15) is 4.98 Å². The summed E-state index contributed by atoms with van der Waals surface area (Å²) in [6.45, 7) is 6.31. The van der Waals surface area contributed by atoms with Crippen LogP contribution in [0.5, 0.6) is 5.75 Å². The smallest absolute Gasteiger partial charge is 0.232 e. The molecule has 2 rings (SSSR count). The van der Waals surface area contributed by atoms with Gasteiger partial charge in [0, 0.05) is 17.9 Å². The summed E-state index contributed by atoms with van der Waals surface area (Å²) in [6.07, 6.45) is 1.53. The number of nitrogens with one attached hydrogen (secondary N) is 1. The van der Waals surface area contributed by atoms with E-state index in [1.807, 2.05) is 25.2 Å². The molecule has 0 aliphatic rings. The van der Waals surface area contributed by atoms with Crippen LogP contribution >= 0.6 is 12.4 Å². The zero-order valence-electron chi connectivity index (χ0n) is 14.4. The summed E-state index contributed by atoms with van der Waals surface area (Å²) in [6, 6.07) is 8.35. The molecule has 1 unspecified atom stereocenters. The highest BCUT2D eigenvalue weighted by Crippen LogP contribution is 2.30. The highest BCUT2D eigenvalue weighted by molar-refractivity contribution is 5.85. The van der Waals surface area contributed by atoms with Gasteiger partial charge in [-0.1, -0.05) is 37.2 Å². The van der Waals surface area contributed by atoms with Gasteiger partial charge >= 0.3 is 0 Å². The predicted molar refractivity (Wildman–Crippen MR) is 93.5 cm³/mol. The van der Waals surface area contributed by atoms with E-state index in [0.717, 1.165) is 30.0 Å². The zero-order chi connectivity index (χ0) is 16.2. The van der Waals surface area contributed by atoms with Crippen LogP contribution in [0.1, 0.15) is 38.0 Å². The van der Waals surface area contributed by atoms with Gasteiger partial charge in [-0.25, -0.2) is 0 Å². The second-order valence-electron chi connectivity index (χ2n) is 6.28. The highest BCUT2D eigenvalue weighted by atomic mass is 35.5. The molecule has 0 spiro atoms. The monoisotopic (exact) mass is 339 g/mol. The Balaban J connectivity index is 0.00000264. The third kappa shape index (κ3) is 4.94. The minimum Gasteiger partial charge on any atom is -0.496 e. The average Bonchev–Trinajstić information content (AvgIpc) is 2.96. The quantitative estimate of drug-likeness (QED) is 0.839. The lowest BCUT2D eigenvalue weighted by Gasteiger charge is -2.21. The van der Waals surface area contributed by atoms with E-state index in [-0.39, 0.29) is 17.8 Å². The van der Waals surface area contributed by atoms with E-state index < -0.39 is 0 Å². The average molecular weight is 340 g/mol. The summed E-state index contributed by atoms with van der Waals surface area (Å²) in [5.74, 6) is 2.29. The van der Waals surface area contributed by atoms with Crippen LogP contribution in [0, 0.1) is 0 Å². The first-order valence-corrected chi connectivity index (χ1v) is 7.58. The van der Waals surface area contributed by atoms with Crippen LogP contribution in [0.2, 0.25) is 0 Å². The lowest BCUT2D eigenvalue weighted by atomic mass is 9.85. The fourth-order valence-corrected chi connectivity index (χ4v) is 2.39. The summed E-state index contributed by atoms with van der Waals surface area (Å²) in [4.78, 5) is 4.56. The van der Waals surface area contributed by atoms with Gasteiger partial charge in [0.25, 0.3) is 0 Å². The Bertz CT molecular complexity index is 613. The lowest BCUT2D eigenvalue weighted by Crippen LogP contribution is -2.24. The number of methoxy groups -OCH3 is 1. The normalized spacial score (nSPS) is 12.6. The molecule has 0 fully saturated rings. The predicted octanol–water partition coefficient (Wildman–Crippen LogP) is 3.17. The maximum Gasteiger partial charge on any atom is 0.232 e. The number of likely N-dealkylation sites (N-methyl/N-ethyl adjacent to an activating group) is 1. The molecule has 2 aromatic rings. The Morgan fingerprint density at radius 3 is 2.65 bits per heavy atom. The van der Waals surface area contributed by atoms with E-state index in [9.17, 15) is 0 Å². The Labute approximate surface area is 144 Å². The first-order chi connectivity index (χ1) is 10.5. The molecule has 0 bridgehead atoms. The van der Waals surface area contributed by atoms with Crippen LogP contribution < -0.4 is 10.1 Å². The van der Waals surface area contributed by atoms with Crippen molar-refractivity contribution in [2.75, 3.05) is 14.2 Å². The number of halogens is 1. The van der Waals surface area contributed by atoms with Crippen LogP contribution in [-0.2, 0) is 18.3 Å². The van der Waals surface area contributed by atoms with Crippen molar-refractivity contribution in [1.82, 2.24) is 15.5 Å². The van der Waals surface area contributed by atoms with Crippen LogP contribution in [0.15, 0.2) is 28.8 Å². The third-order valence-corrected chi connectivity index (χ3v) is 3.85. The largest absolute Gasteiger partial charge is 0.496 e. The Morgan fingerprint density at radius 1 is 1.30 bits per heavy atom.